The summed E-state index contributed by atoms with van der Waals surface area (Å²) in [5, 5.41) is 23.9. The number of benzene rings is 2. The minimum atomic E-state index is -0.141. The summed E-state index contributed by atoms with van der Waals surface area (Å²) in [6, 6.07) is 14.9. The van der Waals surface area contributed by atoms with Gasteiger partial charge in [0.05, 0.1) is 24.1 Å². The first-order chi connectivity index (χ1) is 15.1. The van der Waals surface area contributed by atoms with E-state index in [2.05, 4.69) is 10.2 Å². The van der Waals surface area contributed by atoms with Crippen molar-refractivity contribution in [3.05, 3.63) is 71.2 Å². The number of aromatic nitrogens is 4. The first-order valence-corrected chi connectivity index (χ1v) is 10.3. The van der Waals surface area contributed by atoms with Gasteiger partial charge in [-0.25, -0.2) is 4.52 Å². The van der Waals surface area contributed by atoms with E-state index in [1.807, 2.05) is 43.3 Å². The summed E-state index contributed by atoms with van der Waals surface area (Å²) in [7, 11) is 1.64. The van der Waals surface area contributed by atoms with E-state index in [4.69, 9.17) is 9.84 Å². The van der Waals surface area contributed by atoms with Crippen LogP contribution in [0.15, 0.2) is 48.5 Å². The number of hydrogen-bond donors (Lipinski definition) is 1. The molecule has 7 nitrogen and oxygen atoms in total. The van der Waals surface area contributed by atoms with Gasteiger partial charge in [-0.05, 0) is 30.5 Å². The van der Waals surface area contributed by atoms with Crippen LogP contribution in [0.4, 0.5) is 0 Å². The Kier molecular flexibility index (Phi) is 4.66. The van der Waals surface area contributed by atoms with Crippen molar-refractivity contribution in [3.63, 3.8) is 0 Å². The molecule has 31 heavy (non-hydrogen) atoms. The third-order valence-electron chi connectivity index (χ3n) is 5.93. The lowest BCUT2D eigenvalue weighted by atomic mass is 9.83. The van der Waals surface area contributed by atoms with Crippen molar-refractivity contribution < 1.29 is 14.6 Å². The van der Waals surface area contributed by atoms with Crippen molar-refractivity contribution in [1.29, 1.82) is 0 Å². The molecular weight excluding hydrogens is 392 g/mol. The molecule has 0 bridgehead atoms. The second kappa shape index (κ2) is 7.50. The van der Waals surface area contributed by atoms with E-state index >= 15 is 0 Å². The van der Waals surface area contributed by atoms with Crippen LogP contribution in [0.1, 0.15) is 46.7 Å². The number of nitrogens with zero attached hydrogens (tertiary/aromatic N) is 4. The summed E-state index contributed by atoms with van der Waals surface area (Å²) >= 11 is 0. The number of fused-ring (bicyclic) bond motifs is 3. The predicted octanol–water partition coefficient (Wildman–Crippen LogP) is 3.98. The average molecular weight is 414 g/mol. The number of ether oxygens (including phenoxy) is 1. The molecule has 1 N–H and O–H groups in total. The molecule has 7 heteroatoms. The average Bonchev–Trinajstić information content (AvgIpc) is 3.18. The van der Waals surface area contributed by atoms with E-state index in [1.165, 1.54) is 0 Å². The van der Waals surface area contributed by atoms with E-state index in [9.17, 15) is 9.90 Å². The van der Waals surface area contributed by atoms with Crippen molar-refractivity contribution in [2.75, 3.05) is 7.11 Å². The van der Waals surface area contributed by atoms with Gasteiger partial charge in [0.25, 0.3) is 0 Å². The van der Waals surface area contributed by atoms with E-state index in [0.717, 1.165) is 33.8 Å². The molecule has 2 heterocycles. The molecule has 1 aliphatic rings. The van der Waals surface area contributed by atoms with Crippen LogP contribution < -0.4 is 4.74 Å². The van der Waals surface area contributed by atoms with Crippen molar-refractivity contribution in [2.45, 2.75) is 32.1 Å². The summed E-state index contributed by atoms with van der Waals surface area (Å²) in [5.41, 5.74) is 5.08. The number of rotatable bonds is 4. The lowest BCUT2D eigenvalue weighted by Gasteiger charge is -2.23. The van der Waals surface area contributed by atoms with Crippen LogP contribution in [0.5, 0.6) is 11.5 Å². The smallest absolute Gasteiger partial charge is 0.185 e. The van der Waals surface area contributed by atoms with Gasteiger partial charge >= 0.3 is 0 Å². The summed E-state index contributed by atoms with van der Waals surface area (Å²) in [6.07, 6.45) is 1.52. The number of methoxy groups -OCH3 is 1. The molecule has 0 saturated carbocycles. The minimum Gasteiger partial charge on any atom is -0.508 e. The molecule has 0 aliphatic heterocycles. The number of carbonyl (C=O) groups excluding carboxylic acids is 1. The molecule has 0 radical (unpaired) electrons. The molecule has 0 fully saturated rings. The highest BCUT2D eigenvalue weighted by Gasteiger charge is 2.33. The minimum absolute atomic E-state index is 0.0868. The standard InChI is InChI=1S/C24H22N4O3/c1-3-17-22(16-9-5-7-11-21(16)31-2)24-26-25-23-18(28(24)27-17)12-14(13-20(23)30)15-8-4-6-10-19(15)29/h4-11,14,29H,3,12-13H2,1-2H3. The SMILES string of the molecule is CCc1nn2c3c(nnc2c1-c1ccccc1OC)C(=O)CC(c1ccccc1O)C3. The number of aromatic hydroxyl groups is 1. The highest BCUT2D eigenvalue weighted by Crippen LogP contribution is 2.39. The summed E-state index contributed by atoms with van der Waals surface area (Å²) < 4.78 is 7.33. The highest BCUT2D eigenvalue weighted by atomic mass is 16.5. The zero-order valence-electron chi connectivity index (χ0n) is 17.4. The van der Waals surface area contributed by atoms with E-state index < -0.39 is 0 Å². The van der Waals surface area contributed by atoms with Gasteiger partial charge in [0.15, 0.2) is 17.1 Å². The fourth-order valence-electron chi connectivity index (χ4n) is 4.44. The Morgan fingerprint density at radius 1 is 1.10 bits per heavy atom. The number of para-hydroxylation sites is 2. The van der Waals surface area contributed by atoms with E-state index in [1.54, 1.807) is 23.8 Å². The Bertz CT molecular complexity index is 1310. The maximum absolute atomic E-state index is 12.9. The molecule has 1 unspecified atom stereocenters. The number of aryl methyl sites for hydroxylation is 1. The van der Waals surface area contributed by atoms with Crippen molar-refractivity contribution >= 4 is 11.4 Å². The van der Waals surface area contributed by atoms with Crippen LogP contribution >= 0.6 is 0 Å². The molecular formula is C24H22N4O3. The van der Waals surface area contributed by atoms with Gasteiger partial charge in [0.1, 0.15) is 11.5 Å². The largest absolute Gasteiger partial charge is 0.508 e. The maximum Gasteiger partial charge on any atom is 0.185 e. The van der Waals surface area contributed by atoms with Crippen molar-refractivity contribution in [1.82, 2.24) is 19.8 Å². The number of carbonyl (C=O) groups is 1. The zero-order chi connectivity index (χ0) is 21.5. The second-order valence-corrected chi connectivity index (χ2v) is 7.69. The lowest BCUT2D eigenvalue weighted by Crippen LogP contribution is -2.24. The van der Waals surface area contributed by atoms with Gasteiger partial charge in [0.2, 0.25) is 0 Å². The van der Waals surface area contributed by atoms with Crippen LogP contribution in [0.3, 0.4) is 0 Å². The van der Waals surface area contributed by atoms with Crippen LogP contribution in [0, 0.1) is 0 Å². The van der Waals surface area contributed by atoms with Gasteiger partial charge < -0.3 is 9.84 Å². The molecule has 2 aromatic carbocycles. The molecule has 0 spiro atoms. The first-order valence-electron chi connectivity index (χ1n) is 10.3. The summed E-state index contributed by atoms with van der Waals surface area (Å²) in [4.78, 5) is 12.9. The van der Waals surface area contributed by atoms with Crippen LogP contribution in [0.2, 0.25) is 0 Å². The number of phenolic OH excluding ortho intramolecular Hbond substituents is 1. The fourth-order valence-corrected chi connectivity index (χ4v) is 4.44. The van der Waals surface area contributed by atoms with Gasteiger partial charge in [-0.3, -0.25) is 4.79 Å². The molecule has 4 aromatic rings. The molecule has 0 saturated heterocycles. The zero-order valence-corrected chi connectivity index (χ0v) is 17.4. The van der Waals surface area contributed by atoms with Gasteiger partial charge in [-0.2, -0.15) is 5.10 Å². The van der Waals surface area contributed by atoms with Crippen LogP contribution in [0.25, 0.3) is 16.8 Å². The number of Topliss-reactive ketones (excluding diaryl/α,β-unsaturated/α-hetero) is 1. The van der Waals surface area contributed by atoms with Crippen molar-refractivity contribution in [3.8, 4) is 22.6 Å². The summed E-state index contributed by atoms with van der Waals surface area (Å²) in [5.74, 6) is 0.704. The van der Waals surface area contributed by atoms with E-state index in [-0.39, 0.29) is 23.9 Å². The molecule has 1 aliphatic carbocycles. The van der Waals surface area contributed by atoms with Gasteiger partial charge in [0, 0.05) is 17.9 Å². The predicted molar refractivity (Wildman–Crippen MR) is 116 cm³/mol. The Morgan fingerprint density at radius 3 is 2.65 bits per heavy atom. The fraction of sp³-hybridized carbons (Fsp3) is 0.250. The Hall–Kier alpha value is -3.74. The van der Waals surface area contributed by atoms with Crippen LogP contribution in [-0.4, -0.2) is 37.8 Å². The maximum atomic E-state index is 12.9. The third-order valence-corrected chi connectivity index (χ3v) is 5.93. The molecule has 1 atom stereocenters. The molecule has 5 rings (SSSR count). The lowest BCUT2D eigenvalue weighted by molar-refractivity contribution is 0.0955. The quantitative estimate of drug-likeness (QED) is 0.543. The number of ketones is 1. The second-order valence-electron chi connectivity index (χ2n) is 7.69. The normalized spacial score (nSPS) is 15.8. The Balaban J connectivity index is 1.71. The third kappa shape index (κ3) is 3.04. The molecule has 2 aromatic heterocycles. The first kappa shape index (κ1) is 19.2. The topological polar surface area (TPSA) is 89.6 Å². The number of phenols is 1. The molecule has 156 valence electrons. The molecule has 0 amide bonds. The Morgan fingerprint density at radius 2 is 1.87 bits per heavy atom. The van der Waals surface area contributed by atoms with Crippen molar-refractivity contribution in [2.24, 2.45) is 0 Å². The number of hydrogen-bond acceptors (Lipinski definition) is 6. The van der Waals surface area contributed by atoms with Crippen LogP contribution in [-0.2, 0) is 12.8 Å². The monoisotopic (exact) mass is 414 g/mol. The van der Waals surface area contributed by atoms with Gasteiger partial charge in [-0.15, -0.1) is 10.2 Å². The Labute approximate surface area is 179 Å². The summed E-state index contributed by atoms with van der Waals surface area (Å²) in [6.45, 7) is 2.04. The van der Waals surface area contributed by atoms with E-state index in [0.29, 0.717) is 24.2 Å². The van der Waals surface area contributed by atoms with Gasteiger partial charge in [-0.1, -0.05) is 43.3 Å². The highest BCUT2D eigenvalue weighted by molar-refractivity contribution is 5.97.